The minimum atomic E-state index is -0.788. The predicted molar refractivity (Wildman–Crippen MR) is 77.2 cm³/mol. The van der Waals surface area contributed by atoms with Crippen LogP contribution in [0.15, 0.2) is 30.5 Å². The van der Waals surface area contributed by atoms with E-state index in [1.54, 1.807) is 53.1 Å². The topological polar surface area (TPSA) is 56.0 Å². The summed E-state index contributed by atoms with van der Waals surface area (Å²) in [7, 11) is 1.50. The minimum Gasteiger partial charge on any atom is -0.258 e. The Balaban J connectivity index is 2.75. The number of benzene rings is 1. The summed E-state index contributed by atoms with van der Waals surface area (Å²) < 4.78 is 14.0. The summed E-state index contributed by atoms with van der Waals surface area (Å²) in [5.41, 5.74) is 0.911. The molecule has 0 aliphatic carbocycles. The third kappa shape index (κ3) is 2.22. The predicted octanol–water partition coefficient (Wildman–Crippen LogP) is 1.66. The fraction of sp³-hybridized carbons (Fsp3) is 0. The van der Waals surface area contributed by atoms with Crippen molar-refractivity contribution in [3.63, 3.8) is 0 Å². The van der Waals surface area contributed by atoms with E-state index >= 15 is 0 Å². The normalized spacial score (nSPS) is 10.3. The summed E-state index contributed by atoms with van der Waals surface area (Å²) in [6.07, 6.45) is 1.59. The number of nitrogens with zero attached hydrogens (tertiary/aromatic N) is 2. The molecule has 0 spiro atoms. The SMILES string of the molecule is Bc1cc(-c2ccccn2)c(I)c([N+](=O)[O-])c1F. The smallest absolute Gasteiger partial charge is 0.258 e. The van der Waals surface area contributed by atoms with Gasteiger partial charge in [-0.25, -0.2) is 0 Å². The van der Waals surface area contributed by atoms with Gasteiger partial charge in [0.15, 0.2) is 5.82 Å². The number of hydrogen-bond donors (Lipinski definition) is 0. The van der Waals surface area contributed by atoms with E-state index in [4.69, 9.17) is 0 Å². The Morgan fingerprint density at radius 3 is 2.72 bits per heavy atom. The Bertz CT molecular complexity index is 622. The van der Waals surface area contributed by atoms with Crippen LogP contribution < -0.4 is 5.46 Å². The van der Waals surface area contributed by atoms with Crippen molar-refractivity contribution in [2.75, 3.05) is 0 Å². The van der Waals surface area contributed by atoms with Crippen molar-refractivity contribution < 1.29 is 9.31 Å². The van der Waals surface area contributed by atoms with Gasteiger partial charge in [-0.15, -0.1) is 0 Å². The van der Waals surface area contributed by atoms with E-state index < -0.39 is 16.4 Å². The van der Waals surface area contributed by atoms with E-state index in [0.29, 0.717) is 11.3 Å². The molecular formula is C11H7BFIN2O2. The lowest BCUT2D eigenvalue weighted by Crippen LogP contribution is -2.14. The average molecular weight is 356 g/mol. The maximum Gasteiger partial charge on any atom is 0.318 e. The molecule has 0 saturated heterocycles. The van der Waals surface area contributed by atoms with Gasteiger partial charge < -0.3 is 0 Å². The van der Waals surface area contributed by atoms with Gasteiger partial charge in [0.2, 0.25) is 0 Å². The van der Waals surface area contributed by atoms with Crippen LogP contribution in [0.2, 0.25) is 0 Å². The van der Waals surface area contributed by atoms with Crippen molar-refractivity contribution in [2.45, 2.75) is 0 Å². The number of hydrogen-bond acceptors (Lipinski definition) is 3. The molecule has 1 aromatic heterocycles. The summed E-state index contributed by atoms with van der Waals surface area (Å²) >= 11 is 1.78. The van der Waals surface area contributed by atoms with E-state index in [0.717, 1.165) is 0 Å². The van der Waals surface area contributed by atoms with E-state index in [2.05, 4.69) is 4.98 Å². The number of nitro benzene ring substituents is 1. The molecular weight excluding hydrogens is 349 g/mol. The van der Waals surface area contributed by atoms with Crippen LogP contribution in [0.25, 0.3) is 11.3 Å². The second-order valence-electron chi connectivity index (χ2n) is 3.69. The largest absolute Gasteiger partial charge is 0.318 e. The first-order valence-electron chi connectivity index (χ1n) is 5.06. The molecule has 0 aliphatic rings. The highest BCUT2D eigenvalue weighted by molar-refractivity contribution is 14.1. The lowest BCUT2D eigenvalue weighted by atomic mass is 9.92. The number of aromatic nitrogens is 1. The molecule has 4 nitrogen and oxygen atoms in total. The molecule has 0 unspecified atom stereocenters. The number of nitro groups is 1. The van der Waals surface area contributed by atoms with E-state index in [1.807, 2.05) is 0 Å². The first-order valence-corrected chi connectivity index (χ1v) is 6.14. The molecule has 1 heterocycles. The standard InChI is InChI=1S/C11H7BFIN2O2/c12-7-5-6(8-3-1-2-4-15-8)10(14)11(9(7)13)16(17)18/h1-5H,12H2. The first kappa shape index (κ1) is 12.9. The Morgan fingerprint density at radius 2 is 2.17 bits per heavy atom. The Hall–Kier alpha value is -1.51. The van der Waals surface area contributed by atoms with Crippen LogP contribution in [0.5, 0.6) is 0 Å². The second kappa shape index (κ2) is 5.01. The highest BCUT2D eigenvalue weighted by atomic mass is 127. The molecule has 1 aromatic carbocycles. The van der Waals surface area contributed by atoms with Gasteiger partial charge in [0.1, 0.15) is 11.4 Å². The quantitative estimate of drug-likeness (QED) is 0.356. The zero-order valence-electron chi connectivity index (χ0n) is 9.35. The van der Waals surface area contributed by atoms with Crippen LogP contribution in [0.1, 0.15) is 0 Å². The molecule has 0 radical (unpaired) electrons. The number of pyridine rings is 1. The molecule has 18 heavy (non-hydrogen) atoms. The van der Waals surface area contributed by atoms with Crippen molar-refractivity contribution >= 4 is 41.6 Å². The maximum atomic E-state index is 13.7. The van der Waals surface area contributed by atoms with E-state index in [-0.39, 0.29) is 9.03 Å². The third-order valence-corrected chi connectivity index (χ3v) is 3.57. The zero-order chi connectivity index (χ0) is 13.3. The molecule has 0 bridgehead atoms. The van der Waals surface area contributed by atoms with Crippen LogP contribution in [0.4, 0.5) is 10.1 Å². The molecule has 0 amide bonds. The van der Waals surface area contributed by atoms with Crippen molar-refractivity contribution in [3.05, 3.63) is 50.0 Å². The van der Waals surface area contributed by atoms with Crippen LogP contribution in [0.3, 0.4) is 0 Å². The first-order chi connectivity index (χ1) is 8.52. The van der Waals surface area contributed by atoms with Crippen molar-refractivity contribution in [1.82, 2.24) is 4.98 Å². The van der Waals surface area contributed by atoms with Gasteiger partial charge in [0.25, 0.3) is 0 Å². The van der Waals surface area contributed by atoms with Crippen LogP contribution >= 0.6 is 22.6 Å². The van der Waals surface area contributed by atoms with Crippen LogP contribution in [-0.4, -0.2) is 17.8 Å². The number of halogens is 2. The van der Waals surface area contributed by atoms with Crippen molar-refractivity contribution in [3.8, 4) is 11.3 Å². The summed E-state index contributed by atoms with van der Waals surface area (Å²) in [5.74, 6) is -0.788. The molecule has 0 fully saturated rings. The lowest BCUT2D eigenvalue weighted by Gasteiger charge is -2.07. The Labute approximate surface area is 117 Å². The highest BCUT2D eigenvalue weighted by Crippen LogP contribution is 2.31. The van der Waals surface area contributed by atoms with E-state index in [9.17, 15) is 14.5 Å². The summed E-state index contributed by atoms with van der Waals surface area (Å²) in [5, 5.41) is 10.9. The molecule has 0 atom stereocenters. The molecule has 7 heteroatoms. The highest BCUT2D eigenvalue weighted by Gasteiger charge is 2.24. The van der Waals surface area contributed by atoms with Gasteiger partial charge in [-0.2, -0.15) is 4.39 Å². The van der Waals surface area contributed by atoms with Gasteiger partial charge in [0, 0.05) is 11.8 Å². The third-order valence-electron chi connectivity index (χ3n) is 2.48. The summed E-state index contributed by atoms with van der Waals surface area (Å²) in [6.45, 7) is 0. The second-order valence-corrected chi connectivity index (χ2v) is 4.77. The maximum absolute atomic E-state index is 13.7. The molecule has 90 valence electrons. The van der Waals surface area contributed by atoms with Gasteiger partial charge in [-0.1, -0.05) is 12.1 Å². The number of rotatable bonds is 2. The molecule has 0 aliphatic heterocycles. The Kier molecular flexibility index (Phi) is 3.60. The van der Waals surface area contributed by atoms with Gasteiger partial charge in [0.05, 0.1) is 10.6 Å². The summed E-state index contributed by atoms with van der Waals surface area (Å²) in [4.78, 5) is 14.4. The van der Waals surface area contributed by atoms with Gasteiger partial charge in [-0.05, 0) is 40.2 Å². The zero-order valence-corrected chi connectivity index (χ0v) is 11.5. The van der Waals surface area contributed by atoms with Gasteiger partial charge in [-0.3, -0.25) is 15.1 Å². The Morgan fingerprint density at radius 1 is 1.44 bits per heavy atom. The van der Waals surface area contributed by atoms with Crippen LogP contribution in [0, 0.1) is 19.5 Å². The fourth-order valence-corrected chi connectivity index (χ4v) is 2.49. The minimum absolute atomic E-state index is 0.239. The average Bonchev–Trinajstić information content (AvgIpc) is 2.34. The van der Waals surface area contributed by atoms with Crippen molar-refractivity contribution in [2.24, 2.45) is 0 Å². The summed E-state index contributed by atoms with van der Waals surface area (Å²) in [6, 6.07) is 6.84. The lowest BCUT2D eigenvalue weighted by molar-refractivity contribution is -0.388. The fourth-order valence-electron chi connectivity index (χ4n) is 1.62. The monoisotopic (exact) mass is 356 g/mol. The van der Waals surface area contributed by atoms with E-state index in [1.165, 1.54) is 7.85 Å². The van der Waals surface area contributed by atoms with Gasteiger partial charge >= 0.3 is 5.69 Å². The van der Waals surface area contributed by atoms with Crippen molar-refractivity contribution in [1.29, 1.82) is 0 Å². The molecule has 2 rings (SSSR count). The van der Waals surface area contributed by atoms with Crippen LogP contribution in [-0.2, 0) is 0 Å². The molecule has 0 saturated carbocycles. The molecule has 0 N–H and O–H groups in total. The molecule has 2 aromatic rings.